The van der Waals surface area contributed by atoms with E-state index in [2.05, 4.69) is 4.98 Å². The highest BCUT2D eigenvalue weighted by atomic mass is 127. The second kappa shape index (κ2) is 2.69. The Morgan fingerprint density at radius 3 is 2.91 bits per heavy atom. The van der Waals surface area contributed by atoms with Crippen molar-refractivity contribution in [2.75, 3.05) is 0 Å². The highest BCUT2D eigenvalue weighted by Gasteiger charge is 2.03. The molecule has 11 heavy (non-hydrogen) atoms. The molecule has 4 heteroatoms. The third kappa shape index (κ3) is 1.18. The molecule has 0 aliphatic rings. The first-order valence-electron chi connectivity index (χ1n) is 3.04. The summed E-state index contributed by atoms with van der Waals surface area (Å²) >= 11 is 1.73. The standard InChI is InChI=1S/C7H4INO2/c8-11-7-9-5-3-1-2-4-6(5)10-7/h1-4H. The zero-order valence-corrected chi connectivity index (χ0v) is 7.61. The lowest BCUT2D eigenvalue weighted by Crippen LogP contribution is -1.69. The summed E-state index contributed by atoms with van der Waals surface area (Å²) in [5.74, 6) is 0. The molecule has 0 atom stereocenters. The van der Waals surface area contributed by atoms with Crippen molar-refractivity contribution in [3.63, 3.8) is 0 Å². The van der Waals surface area contributed by atoms with Crippen molar-refractivity contribution in [1.29, 1.82) is 0 Å². The number of para-hydroxylation sites is 2. The molecule has 0 N–H and O–H groups in total. The van der Waals surface area contributed by atoms with E-state index in [4.69, 9.17) is 7.48 Å². The number of nitrogens with zero attached hydrogens (tertiary/aromatic N) is 1. The number of rotatable bonds is 1. The molecule has 1 aromatic carbocycles. The summed E-state index contributed by atoms with van der Waals surface area (Å²) in [7, 11) is 0. The van der Waals surface area contributed by atoms with E-state index in [9.17, 15) is 0 Å². The van der Waals surface area contributed by atoms with Crippen molar-refractivity contribution in [3.05, 3.63) is 24.3 Å². The molecule has 2 aromatic rings. The van der Waals surface area contributed by atoms with Gasteiger partial charge in [0.15, 0.2) is 28.6 Å². The van der Waals surface area contributed by atoms with Crippen LogP contribution in [0, 0.1) is 0 Å². The minimum absolute atomic E-state index is 0.298. The van der Waals surface area contributed by atoms with Gasteiger partial charge >= 0.3 is 6.08 Å². The van der Waals surface area contributed by atoms with Crippen LogP contribution >= 0.6 is 23.0 Å². The number of oxazole rings is 1. The number of halogens is 1. The van der Waals surface area contributed by atoms with Gasteiger partial charge in [-0.2, -0.15) is 4.98 Å². The predicted molar refractivity (Wildman–Crippen MR) is 48.7 cm³/mol. The summed E-state index contributed by atoms with van der Waals surface area (Å²) in [5.41, 5.74) is 1.57. The van der Waals surface area contributed by atoms with Crippen LogP contribution in [0.4, 0.5) is 0 Å². The maximum Gasteiger partial charge on any atom is 0.404 e. The maximum absolute atomic E-state index is 5.18. The van der Waals surface area contributed by atoms with Crippen molar-refractivity contribution in [2.24, 2.45) is 0 Å². The Labute approximate surface area is 77.1 Å². The van der Waals surface area contributed by atoms with Gasteiger partial charge in [0.1, 0.15) is 5.52 Å². The van der Waals surface area contributed by atoms with Gasteiger partial charge < -0.3 is 7.48 Å². The van der Waals surface area contributed by atoms with Gasteiger partial charge in [-0.15, -0.1) is 0 Å². The predicted octanol–water partition coefficient (Wildman–Crippen LogP) is 2.56. The lowest BCUT2D eigenvalue weighted by molar-refractivity contribution is 0.453. The molecule has 0 amide bonds. The molecule has 0 aliphatic heterocycles. The Morgan fingerprint density at radius 1 is 1.36 bits per heavy atom. The third-order valence-corrected chi connectivity index (χ3v) is 1.72. The maximum atomic E-state index is 5.18. The first-order valence-corrected chi connectivity index (χ1v) is 3.92. The molecular formula is C7H4INO2. The molecule has 3 nitrogen and oxygen atoms in total. The zero-order valence-electron chi connectivity index (χ0n) is 5.45. The van der Waals surface area contributed by atoms with E-state index in [1.165, 1.54) is 0 Å². The SMILES string of the molecule is IOc1nc2ccccc2o1. The third-order valence-electron chi connectivity index (χ3n) is 1.34. The molecule has 0 unspecified atom stereocenters. The number of aromatic nitrogens is 1. The molecule has 0 saturated carbocycles. The molecule has 2 rings (SSSR count). The van der Waals surface area contributed by atoms with Gasteiger partial charge in [0.2, 0.25) is 0 Å². The topological polar surface area (TPSA) is 35.3 Å². The fraction of sp³-hybridized carbons (Fsp3) is 0. The van der Waals surface area contributed by atoms with Crippen molar-refractivity contribution in [2.45, 2.75) is 0 Å². The van der Waals surface area contributed by atoms with Gasteiger partial charge in [0.25, 0.3) is 0 Å². The van der Waals surface area contributed by atoms with Gasteiger partial charge in [-0.3, -0.25) is 0 Å². The van der Waals surface area contributed by atoms with Crippen LogP contribution in [0.2, 0.25) is 0 Å². The monoisotopic (exact) mass is 261 g/mol. The minimum Gasteiger partial charge on any atom is -0.408 e. The number of benzene rings is 1. The van der Waals surface area contributed by atoms with E-state index in [-0.39, 0.29) is 0 Å². The van der Waals surface area contributed by atoms with Crippen LogP contribution in [0.5, 0.6) is 6.08 Å². The summed E-state index contributed by atoms with van der Waals surface area (Å²) in [6.45, 7) is 0. The molecule has 0 radical (unpaired) electrons. The number of hydrogen-bond donors (Lipinski definition) is 0. The summed E-state index contributed by atoms with van der Waals surface area (Å²) in [5, 5.41) is 0. The molecule has 0 saturated heterocycles. The normalized spacial score (nSPS) is 10.3. The van der Waals surface area contributed by atoms with Crippen LogP contribution in [-0.4, -0.2) is 4.98 Å². The lowest BCUT2D eigenvalue weighted by Gasteiger charge is -1.81. The van der Waals surface area contributed by atoms with E-state index in [0.29, 0.717) is 6.08 Å². The minimum atomic E-state index is 0.298. The molecule has 0 bridgehead atoms. The van der Waals surface area contributed by atoms with Gasteiger partial charge in [-0.05, 0) is 12.1 Å². The van der Waals surface area contributed by atoms with Gasteiger partial charge in [0, 0.05) is 0 Å². The van der Waals surface area contributed by atoms with Gasteiger partial charge in [-0.25, -0.2) is 0 Å². The van der Waals surface area contributed by atoms with Crippen LogP contribution in [0.1, 0.15) is 0 Å². The second-order valence-electron chi connectivity index (χ2n) is 2.02. The van der Waals surface area contributed by atoms with Crippen LogP contribution in [0.15, 0.2) is 28.7 Å². The first kappa shape index (κ1) is 6.90. The van der Waals surface area contributed by atoms with E-state index in [1.807, 2.05) is 24.3 Å². The van der Waals surface area contributed by atoms with Crippen LogP contribution in [0.25, 0.3) is 11.1 Å². The smallest absolute Gasteiger partial charge is 0.404 e. The highest BCUT2D eigenvalue weighted by Crippen LogP contribution is 2.20. The summed E-state index contributed by atoms with van der Waals surface area (Å²) in [6.07, 6.45) is 0.298. The number of hydrogen-bond acceptors (Lipinski definition) is 3. The summed E-state index contributed by atoms with van der Waals surface area (Å²) in [6, 6.07) is 7.52. The molecule has 56 valence electrons. The molecule has 0 fully saturated rings. The van der Waals surface area contributed by atoms with E-state index >= 15 is 0 Å². The fourth-order valence-electron chi connectivity index (χ4n) is 0.884. The lowest BCUT2D eigenvalue weighted by atomic mass is 10.3. The van der Waals surface area contributed by atoms with Crippen molar-refractivity contribution < 1.29 is 7.48 Å². The molecule has 0 aliphatic carbocycles. The van der Waals surface area contributed by atoms with E-state index in [1.54, 1.807) is 23.0 Å². The van der Waals surface area contributed by atoms with Crippen molar-refractivity contribution >= 4 is 34.1 Å². The Morgan fingerprint density at radius 2 is 2.18 bits per heavy atom. The number of fused-ring (bicyclic) bond motifs is 1. The Kier molecular flexibility index (Phi) is 1.69. The zero-order chi connectivity index (χ0) is 7.68. The van der Waals surface area contributed by atoms with Gasteiger partial charge in [0.05, 0.1) is 0 Å². The molecule has 1 aromatic heterocycles. The largest absolute Gasteiger partial charge is 0.408 e. The Bertz CT molecular complexity index is 338. The fourth-order valence-corrected chi connectivity index (χ4v) is 1.07. The Balaban J connectivity index is 2.69. The first-order chi connectivity index (χ1) is 5.40. The summed E-state index contributed by atoms with van der Waals surface area (Å²) < 4.78 is 9.97. The van der Waals surface area contributed by atoms with Crippen LogP contribution < -0.4 is 3.07 Å². The molecule has 1 heterocycles. The van der Waals surface area contributed by atoms with Crippen molar-refractivity contribution in [1.82, 2.24) is 4.98 Å². The van der Waals surface area contributed by atoms with E-state index < -0.39 is 0 Å². The average molecular weight is 261 g/mol. The van der Waals surface area contributed by atoms with Crippen LogP contribution in [0.3, 0.4) is 0 Å². The average Bonchev–Trinajstić information content (AvgIpc) is 2.46. The molecular weight excluding hydrogens is 257 g/mol. The van der Waals surface area contributed by atoms with E-state index in [0.717, 1.165) is 11.1 Å². The quantitative estimate of drug-likeness (QED) is 0.740. The summed E-state index contributed by atoms with van der Waals surface area (Å²) in [4.78, 5) is 4.03. The van der Waals surface area contributed by atoms with Gasteiger partial charge in [-0.1, -0.05) is 12.1 Å². The highest BCUT2D eigenvalue weighted by molar-refractivity contribution is 14.1. The van der Waals surface area contributed by atoms with Crippen molar-refractivity contribution in [3.8, 4) is 6.08 Å². The van der Waals surface area contributed by atoms with Crippen LogP contribution in [-0.2, 0) is 0 Å². The second-order valence-corrected chi connectivity index (χ2v) is 2.47. The Hall–Kier alpha value is -0.780. The molecule has 0 spiro atoms.